The first-order chi connectivity index (χ1) is 20.6. The van der Waals surface area contributed by atoms with Gasteiger partial charge in [0.25, 0.3) is 5.56 Å². The Bertz CT molecular complexity index is 1760. The largest absolute Gasteiger partial charge is 0.460 e. The third-order valence-electron chi connectivity index (χ3n) is 6.74. The Balaban J connectivity index is 1.33. The Labute approximate surface area is 244 Å². The van der Waals surface area contributed by atoms with Gasteiger partial charge in [0, 0.05) is 11.8 Å². The molecule has 43 heavy (non-hydrogen) atoms. The summed E-state index contributed by atoms with van der Waals surface area (Å²) in [5.41, 5.74) is -1.36. The van der Waals surface area contributed by atoms with Gasteiger partial charge in [0.15, 0.2) is 0 Å². The van der Waals surface area contributed by atoms with E-state index in [1.54, 1.807) is 48.5 Å². The minimum atomic E-state index is -4.36. The third kappa shape index (κ3) is 7.27. The van der Waals surface area contributed by atoms with E-state index in [9.17, 15) is 28.4 Å². The summed E-state index contributed by atoms with van der Waals surface area (Å²) < 4.78 is 51.4. The quantitative estimate of drug-likeness (QED) is 0.169. The van der Waals surface area contributed by atoms with Crippen molar-refractivity contribution in [1.29, 1.82) is 0 Å². The van der Waals surface area contributed by atoms with Crippen molar-refractivity contribution < 1.29 is 37.4 Å². The second-order valence-electron chi connectivity index (χ2n) is 9.88. The fraction of sp³-hybridized carbons (Fsp3) is 0.276. The topological polar surface area (TPSA) is 158 Å². The lowest BCUT2D eigenvalue weighted by Gasteiger charge is -2.25. The number of H-pyrrole nitrogens is 1. The van der Waals surface area contributed by atoms with Gasteiger partial charge in [0.2, 0.25) is 5.82 Å². The lowest BCUT2D eigenvalue weighted by Crippen LogP contribution is -2.36. The Morgan fingerprint density at radius 2 is 1.86 bits per heavy atom. The number of esters is 1. The van der Waals surface area contributed by atoms with E-state index in [4.69, 9.17) is 18.5 Å². The number of aromatic nitrogens is 2. The Kier molecular flexibility index (Phi) is 9.19. The molecule has 3 N–H and O–H groups in total. The van der Waals surface area contributed by atoms with Crippen LogP contribution in [-0.2, 0) is 30.0 Å². The summed E-state index contributed by atoms with van der Waals surface area (Å²) in [6, 6.07) is 20.2. The molecular weight excluding hydrogens is 584 g/mol. The van der Waals surface area contributed by atoms with E-state index >= 15 is 0 Å². The average molecular weight is 614 g/mol. The molecule has 1 fully saturated rings. The van der Waals surface area contributed by atoms with Gasteiger partial charge in [-0.2, -0.15) is 9.48 Å². The Hall–Kier alpha value is -4.13. The first kappa shape index (κ1) is 30.3. The summed E-state index contributed by atoms with van der Waals surface area (Å²) in [5, 5.41) is 14.6. The van der Waals surface area contributed by atoms with E-state index in [0.29, 0.717) is 11.6 Å². The Morgan fingerprint density at radius 3 is 2.65 bits per heavy atom. The molecule has 1 saturated heterocycles. The number of rotatable bonds is 11. The lowest BCUT2D eigenvalue weighted by molar-refractivity contribution is -0.146. The molecule has 12 nitrogen and oxygen atoms in total. The number of hydrogen-bond acceptors (Lipinski definition) is 9. The highest BCUT2D eigenvalue weighted by Gasteiger charge is 2.40. The van der Waals surface area contributed by atoms with Crippen molar-refractivity contribution in [3.8, 4) is 5.75 Å². The molecule has 0 saturated carbocycles. The van der Waals surface area contributed by atoms with Crippen molar-refractivity contribution in [3.05, 3.63) is 111 Å². The number of aliphatic hydroxyl groups excluding tert-OH is 1. The molecule has 3 aromatic carbocycles. The van der Waals surface area contributed by atoms with Gasteiger partial charge < -0.3 is 19.1 Å². The van der Waals surface area contributed by atoms with Crippen LogP contribution in [0.15, 0.2) is 88.6 Å². The maximum atomic E-state index is 14.1. The predicted molar refractivity (Wildman–Crippen MR) is 153 cm³/mol. The van der Waals surface area contributed by atoms with Crippen LogP contribution in [0.5, 0.6) is 5.75 Å². The summed E-state index contributed by atoms with van der Waals surface area (Å²) in [6.45, 7) is 0.929. The van der Waals surface area contributed by atoms with Gasteiger partial charge in [-0.1, -0.05) is 66.7 Å². The van der Waals surface area contributed by atoms with E-state index in [-0.39, 0.29) is 18.8 Å². The van der Waals surface area contributed by atoms with Crippen LogP contribution in [0.2, 0.25) is 0 Å². The number of ether oxygens (including phenoxy) is 2. The van der Waals surface area contributed by atoms with Gasteiger partial charge in [-0.25, -0.2) is 9.36 Å². The van der Waals surface area contributed by atoms with Crippen LogP contribution in [-0.4, -0.2) is 45.5 Å². The van der Waals surface area contributed by atoms with Crippen LogP contribution in [0.4, 0.5) is 4.39 Å². The molecule has 226 valence electrons. The van der Waals surface area contributed by atoms with E-state index in [2.05, 4.69) is 5.09 Å². The standard InChI is InChI=1S/C29H29FN3O9P/c1-18(28(36)39-16-19-8-3-2-4-9-19)32-43(38,42-24-13-7-11-20-10-5-6-12-21(20)24)40-17-25-23(34)14-26(41-25)33-15-22(30)27(35)31-29(33)37/h2-13,15,18,23,25-26,34H,14,16-17H2,1H3,(H,32,38)(H,31,35,37)/t18-,23+,25+,26+,43+/m0/s1. The maximum Gasteiger partial charge on any atom is 0.459 e. The number of aromatic amines is 1. The van der Waals surface area contributed by atoms with E-state index < -0.39 is 61.9 Å². The van der Waals surface area contributed by atoms with E-state index in [1.807, 2.05) is 29.2 Å². The molecule has 0 unspecified atom stereocenters. The van der Waals surface area contributed by atoms with Crippen LogP contribution in [0, 0.1) is 5.82 Å². The molecule has 0 spiro atoms. The van der Waals surface area contributed by atoms with Crippen molar-refractivity contribution in [1.82, 2.24) is 14.6 Å². The predicted octanol–water partition coefficient (Wildman–Crippen LogP) is 3.40. The van der Waals surface area contributed by atoms with Gasteiger partial charge in [-0.15, -0.1) is 0 Å². The molecule has 5 rings (SSSR count). The Morgan fingerprint density at radius 1 is 1.14 bits per heavy atom. The second-order valence-corrected chi connectivity index (χ2v) is 11.6. The molecule has 0 radical (unpaired) electrons. The number of halogens is 1. The van der Waals surface area contributed by atoms with Crippen molar-refractivity contribution in [2.24, 2.45) is 0 Å². The number of fused-ring (bicyclic) bond motifs is 1. The van der Waals surface area contributed by atoms with Crippen LogP contribution < -0.4 is 20.9 Å². The fourth-order valence-electron chi connectivity index (χ4n) is 4.52. The number of carbonyl (C=O) groups is 1. The lowest BCUT2D eigenvalue weighted by atomic mass is 10.1. The summed E-state index contributed by atoms with van der Waals surface area (Å²) in [5.74, 6) is -1.71. The van der Waals surface area contributed by atoms with Gasteiger partial charge >= 0.3 is 19.4 Å². The summed E-state index contributed by atoms with van der Waals surface area (Å²) in [6.07, 6.45) is -2.95. The van der Waals surface area contributed by atoms with Gasteiger partial charge in [0.05, 0.1) is 18.9 Å². The fourth-order valence-corrected chi connectivity index (χ4v) is 6.04. The minimum absolute atomic E-state index is 0.00472. The normalized spacial score (nSPS) is 20.4. The number of carbonyl (C=O) groups excluding carboxylic acids is 1. The zero-order valence-electron chi connectivity index (χ0n) is 22.9. The number of benzene rings is 3. The monoisotopic (exact) mass is 613 g/mol. The van der Waals surface area contributed by atoms with Crippen molar-refractivity contribution in [3.63, 3.8) is 0 Å². The maximum absolute atomic E-state index is 14.1. The molecule has 0 amide bonds. The highest BCUT2D eigenvalue weighted by Crippen LogP contribution is 2.47. The summed E-state index contributed by atoms with van der Waals surface area (Å²) >= 11 is 0. The summed E-state index contributed by atoms with van der Waals surface area (Å²) in [7, 11) is -4.36. The van der Waals surface area contributed by atoms with Gasteiger partial charge in [-0.3, -0.25) is 23.7 Å². The molecule has 4 aromatic rings. The number of hydrogen-bond donors (Lipinski definition) is 3. The minimum Gasteiger partial charge on any atom is -0.460 e. The van der Waals surface area contributed by atoms with Gasteiger partial charge in [0.1, 0.15) is 30.7 Å². The third-order valence-corrected chi connectivity index (χ3v) is 8.37. The SMILES string of the molecule is C[C@H](N[P@@](=O)(OC[C@H]1O[C@@H](n2cc(F)c(=O)[nH]c2=O)C[C@H]1O)Oc1cccc2ccccc12)C(=O)OCc1ccccc1. The van der Waals surface area contributed by atoms with Crippen molar-refractivity contribution >= 4 is 24.5 Å². The first-order valence-corrected chi connectivity index (χ1v) is 14.9. The van der Waals surface area contributed by atoms with Crippen LogP contribution >= 0.6 is 7.75 Å². The zero-order chi connectivity index (χ0) is 30.6. The zero-order valence-corrected chi connectivity index (χ0v) is 23.8. The highest BCUT2D eigenvalue weighted by molar-refractivity contribution is 7.52. The molecular formula is C29H29FN3O9P. The molecule has 5 atom stereocenters. The van der Waals surface area contributed by atoms with Crippen LogP contribution in [0.1, 0.15) is 25.1 Å². The summed E-state index contributed by atoms with van der Waals surface area (Å²) in [4.78, 5) is 38.2. The number of aliphatic hydroxyl groups is 1. The average Bonchev–Trinajstić information content (AvgIpc) is 3.37. The van der Waals surface area contributed by atoms with Crippen molar-refractivity contribution in [2.75, 3.05) is 6.61 Å². The molecule has 14 heteroatoms. The number of nitrogens with one attached hydrogen (secondary N) is 2. The second kappa shape index (κ2) is 13.0. The van der Waals surface area contributed by atoms with E-state index in [0.717, 1.165) is 15.5 Å². The molecule has 1 aromatic heterocycles. The van der Waals surface area contributed by atoms with Crippen molar-refractivity contribution in [2.45, 2.75) is 44.4 Å². The molecule has 1 aliphatic rings. The number of nitrogens with zero attached hydrogens (tertiary/aromatic N) is 1. The molecule has 0 aliphatic carbocycles. The van der Waals surface area contributed by atoms with Crippen LogP contribution in [0.25, 0.3) is 10.8 Å². The van der Waals surface area contributed by atoms with Gasteiger partial charge in [-0.05, 0) is 23.9 Å². The molecule has 0 bridgehead atoms. The van der Waals surface area contributed by atoms with Crippen LogP contribution in [0.3, 0.4) is 0 Å². The first-order valence-electron chi connectivity index (χ1n) is 13.4. The van der Waals surface area contributed by atoms with E-state index in [1.165, 1.54) is 6.92 Å². The smallest absolute Gasteiger partial charge is 0.459 e. The molecule has 1 aliphatic heterocycles. The highest BCUT2D eigenvalue weighted by atomic mass is 31.2. The molecule has 2 heterocycles.